The summed E-state index contributed by atoms with van der Waals surface area (Å²) < 4.78 is 19.6. The van der Waals surface area contributed by atoms with Crippen molar-refractivity contribution in [3.05, 3.63) is 30.3 Å². The summed E-state index contributed by atoms with van der Waals surface area (Å²) in [6.45, 7) is 0. The van der Waals surface area contributed by atoms with E-state index in [1.165, 1.54) is 12.1 Å². The number of rotatable bonds is 1. The fourth-order valence-electron chi connectivity index (χ4n) is 0.592. The molecule has 56 valence electrons. The quantitative estimate of drug-likeness (QED) is 0.571. The Bertz CT molecular complexity index is 312. The summed E-state index contributed by atoms with van der Waals surface area (Å²) in [5, 5.41) is 0. The van der Waals surface area contributed by atoms with E-state index in [2.05, 4.69) is 11.2 Å². The maximum atomic E-state index is 10.8. The van der Waals surface area contributed by atoms with Gasteiger partial charge in [0.1, 0.15) is 0 Å². The van der Waals surface area contributed by atoms with Crippen LogP contribution in [-0.2, 0) is 20.0 Å². The summed E-state index contributed by atoms with van der Waals surface area (Å²) in [7, 11) is -3.17. The van der Waals surface area contributed by atoms with E-state index in [1.807, 2.05) is 0 Å². The van der Waals surface area contributed by atoms with Crippen molar-refractivity contribution in [2.75, 3.05) is 0 Å². The van der Waals surface area contributed by atoms with Crippen molar-refractivity contribution in [2.45, 2.75) is 4.90 Å². The molecule has 1 N–H and O–H groups in total. The predicted octanol–water partition coefficient (Wildman–Crippen LogP) is -1.62. The molecule has 0 aliphatic rings. The molecule has 1 rings (SSSR count). The van der Waals surface area contributed by atoms with Crippen LogP contribution in [-0.4, -0.2) is 8.76 Å². The Morgan fingerprint density at radius 1 is 1.36 bits per heavy atom. The van der Waals surface area contributed by atoms with Crippen molar-refractivity contribution in [3.8, 4) is 0 Å². The Balaban J connectivity index is 0. The molecule has 11 heavy (non-hydrogen) atoms. The topological polar surface area (TPSA) is 37.3 Å². The molecule has 2 nitrogen and oxygen atoms in total. The van der Waals surface area contributed by atoms with Gasteiger partial charge in [-0.3, -0.25) is 0 Å². The maximum Gasteiger partial charge on any atom is 1.00 e. The molecule has 0 aliphatic heterocycles. The van der Waals surface area contributed by atoms with Crippen molar-refractivity contribution >= 4 is 20.0 Å². The molecule has 0 saturated heterocycles. The third kappa shape index (κ3) is 4.09. The first-order valence-corrected chi connectivity index (χ1v) is 5.07. The van der Waals surface area contributed by atoms with Gasteiger partial charge in [0.05, 0.1) is 4.90 Å². The fraction of sp³-hybridized carbons (Fsp3) is 0. The molecule has 0 bridgehead atoms. The molecule has 0 radical (unpaired) electrons. The van der Waals surface area contributed by atoms with Gasteiger partial charge in [0.15, 0.2) is 8.77 Å². The summed E-state index contributed by atoms with van der Waals surface area (Å²) in [4.78, 5) is 0.296. The second kappa shape index (κ2) is 5.03. The van der Waals surface area contributed by atoms with E-state index in [1.54, 1.807) is 18.2 Å². The van der Waals surface area contributed by atoms with E-state index in [9.17, 15) is 4.21 Å². The maximum absolute atomic E-state index is 10.8. The van der Waals surface area contributed by atoms with Crippen LogP contribution in [0, 0.1) is 0 Å². The first kappa shape index (κ1) is 12.2. The van der Waals surface area contributed by atoms with Gasteiger partial charge in [-0.25, -0.2) is 4.21 Å². The molecule has 1 unspecified atom stereocenters. The monoisotopic (exact) mass is 214 g/mol. The average molecular weight is 214 g/mol. The molecule has 1 aromatic rings. The molecular formula is C6H7KO2S2. The SMILES string of the molecule is O=S(O)(=S)c1ccccc1.[H-].[K+]. The molecule has 0 aliphatic carbocycles. The van der Waals surface area contributed by atoms with Gasteiger partial charge in [-0.2, -0.15) is 0 Å². The Morgan fingerprint density at radius 3 is 2.09 bits per heavy atom. The van der Waals surface area contributed by atoms with Gasteiger partial charge in [-0.05, 0) is 12.1 Å². The molecule has 0 fully saturated rings. The zero-order chi connectivity index (χ0) is 7.61. The second-order valence-corrected chi connectivity index (χ2v) is 4.57. The van der Waals surface area contributed by atoms with Crippen LogP contribution in [0.2, 0.25) is 0 Å². The van der Waals surface area contributed by atoms with Crippen molar-refractivity contribution in [1.82, 2.24) is 0 Å². The predicted molar refractivity (Wildman–Crippen MR) is 44.0 cm³/mol. The molecule has 0 saturated carbocycles. The zero-order valence-corrected chi connectivity index (χ0v) is 10.8. The Labute approximate surface area is 115 Å². The van der Waals surface area contributed by atoms with Crippen LogP contribution in [0.5, 0.6) is 0 Å². The van der Waals surface area contributed by atoms with Gasteiger partial charge in [0.2, 0.25) is 0 Å². The van der Waals surface area contributed by atoms with Gasteiger partial charge < -0.3 is 5.98 Å². The molecule has 0 spiro atoms. The minimum atomic E-state index is -3.17. The molecule has 5 heteroatoms. The number of hydrogen-bond acceptors (Lipinski definition) is 2. The van der Waals surface area contributed by atoms with Crippen molar-refractivity contribution < 1.29 is 61.6 Å². The summed E-state index contributed by atoms with van der Waals surface area (Å²) >= 11 is 4.33. The van der Waals surface area contributed by atoms with Gasteiger partial charge >= 0.3 is 51.4 Å². The molecule has 0 heterocycles. The van der Waals surface area contributed by atoms with Crippen LogP contribution in [0.1, 0.15) is 1.43 Å². The van der Waals surface area contributed by atoms with E-state index < -0.39 is 8.77 Å². The standard InChI is InChI=1S/C6H6O2S2.K.H/c7-10(8,9)6-4-2-1-3-5-6;;/h1-5H,(H,7,8,9);;/q;+1;-1. The second-order valence-electron chi connectivity index (χ2n) is 1.79. The Hall–Kier alpha value is 1.19. The Kier molecular flexibility index (Phi) is 5.58. The smallest absolute Gasteiger partial charge is 1.00 e. The summed E-state index contributed by atoms with van der Waals surface area (Å²) in [6, 6.07) is 8.20. The normalized spacial score (nSPS) is 14.6. The largest absolute Gasteiger partial charge is 1.00 e. The summed E-state index contributed by atoms with van der Waals surface area (Å²) in [5.74, 6) is 0. The number of hydrogen-bond donors (Lipinski definition) is 1. The van der Waals surface area contributed by atoms with Gasteiger partial charge in [-0.15, -0.1) is 0 Å². The Morgan fingerprint density at radius 2 is 1.82 bits per heavy atom. The first-order chi connectivity index (χ1) is 4.61. The van der Waals surface area contributed by atoms with Crippen LogP contribution in [0.15, 0.2) is 35.2 Å². The van der Waals surface area contributed by atoms with E-state index >= 15 is 0 Å². The fourth-order valence-corrected chi connectivity index (χ4v) is 1.43. The third-order valence-corrected chi connectivity index (χ3v) is 2.49. The van der Waals surface area contributed by atoms with Crippen LogP contribution >= 0.6 is 0 Å². The summed E-state index contributed by atoms with van der Waals surface area (Å²) in [5.41, 5.74) is 0. The van der Waals surface area contributed by atoms with E-state index in [0.29, 0.717) is 4.90 Å². The third-order valence-electron chi connectivity index (χ3n) is 1.04. The van der Waals surface area contributed by atoms with Gasteiger partial charge in [-0.1, -0.05) is 18.2 Å². The minimum absolute atomic E-state index is 0. The van der Waals surface area contributed by atoms with Crippen LogP contribution in [0.4, 0.5) is 0 Å². The van der Waals surface area contributed by atoms with Crippen molar-refractivity contribution in [2.24, 2.45) is 0 Å². The summed E-state index contributed by atoms with van der Waals surface area (Å²) in [6.07, 6.45) is 0. The zero-order valence-electron chi connectivity index (χ0n) is 7.06. The van der Waals surface area contributed by atoms with Crippen molar-refractivity contribution in [3.63, 3.8) is 0 Å². The molecular weight excluding hydrogens is 207 g/mol. The van der Waals surface area contributed by atoms with Crippen LogP contribution in [0.25, 0.3) is 0 Å². The molecule has 1 atom stereocenters. The molecule has 0 aromatic heterocycles. The molecule has 0 amide bonds. The first-order valence-electron chi connectivity index (χ1n) is 2.63. The average Bonchev–Trinajstić information content (AvgIpc) is 1.88. The van der Waals surface area contributed by atoms with Gasteiger partial charge in [0, 0.05) is 11.2 Å². The van der Waals surface area contributed by atoms with Gasteiger partial charge in [0.25, 0.3) is 0 Å². The van der Waals surface area contributed by atoms with Crippen LogP contribution < -0.4 is 51.4 Å². The van der Waals surface area contributed by atoms with Crippen molar-refractivity contribution in [1.29, 1.82) is 0 Å². The molecule has 1 aromatic carbocycles. The van der Waals surface area contributed by atoms with Crippen LogP contribution in [0.3, 0.4) is 0 Å². The van der Waals surface area contributed by atoms with E-state index in [-0.39, 0.29) is 52.8 Å². The number of benzene rings is 1. The minimum Gasteiger partial charge on any atom is -1.00 e. The van der Waals surface area contributed by atoms with E-state index in [0.717, 1.165) is 0 Å². The van der Waals surface area contributed by atoms with E-state index in [4.69, 9.17) is 4.55 Å².